The smallest absolute Gasteiger partial charge is 0.143 e. The maximum atomic E-state index is 13.4. The maximum absolute atomic E-state index is 13.4. The van der Waals surface area contributed by atoms with E-state index in [0.717, 1.165) is 0 Å². The molecule has 1 atom stereocenters. The van der Waals surface area contributed by atoms with Crippen LogP contribution in [0.25, 0.3) is 0 Å². The largest absolute Gasteiger partial charge is 0.387 e. The van der Waals surface area contributed by atoms with Gasteiger partial charge in [-0.2, -0.15) is 5.26 Å². The minimum absolute atomic E-state index is 0.0705. The fraction of sp³-hybridized carbons (Fsp3) is 0.133. The molecule has 0 spiro atoms. The molecule has 0 fully saturated rings. The van der Waals surface area contributed by atoms with E-state index in [1.54, 1.807) is 36.4 Å². The predicted octanol–water partition coefficient (Wildman–Crippen LogP) is 3.50. The molecule has 0 bridgehead atoms. The third kappa shape index (κ3) is 3.08. The van der Waals surface area contributed by atoms with Crippen LogP contribution in [0.2, 0.25) is 5.02 Å². The lowest BCUT2D eigenvalue weighted by atomic mass is 10.1. The number of benzene rings is 2. The zero-order valence-electron chi connectivity index (χ0n) is 10.5. The quantitative estimate of drug-likeness (QED) is 0.906. The van der Waals surface area contributed by atoms with Crippen LogP contribution in [0.4, 0.5) is 10.1 Å². The number of halogens is 2. The summed E-state index contributed by atoms with van der Waals surface area (Å²) in [5.74, 6) is -0.593. The molecule has 0 saturated heterocycles. The molecule has 5 heteroatoms. The van der Waals surface area contributed by atoms with Crippen molar-refractivity contribution in [3.8, 4) is 6.07 Å². The van der Waals surface area contributed by atoms with Crippen molar-refractivity contribution in [2.45, 2.75) is 6.10 Å². The average molecular weight is 291 g/mol. The van der Waals surface area contributed by atoms with Gasteiger partial charge in [-0.25, -0.2) is 4.39 Å². The SMILES string of the molecule is N#Cc1c(F)cccc1NCC(O)c1ccccc1Cl. The van der Waals surface area contributed by atoms with Gasteiger partial charge < -0.3 is 10.4 Å². The van der Waals surface area contributed by atoms with Crippen LogP contribution in [0, 0.1) is 17.1 Å². The molecule has 0 aliphatic carbocycles. The highest BCUT2D eigenvalue weighted by Gasteiger charge is 2.13. The van der Waals surface area contributed by atoms with Gasteiger partial charge in [0.2, 0.25) is 0 Å². The second kappa shape index (κ2) is 6.38. The first-order valence-electron chi connectivity index (χ1n) is 5.98. The molecule has 2 aromatic carbocycles. The van der Waals surface area contributed by atoms with Gasteiger partial charge in [0.25, 0.3) is 0 Å². The van der Waals surface area contributed by atoms with Gasteiger partial charge in [-0.3, -0.25) is 0 Å². The lowest BCUT2D eigenvalue weighted by Crippen LogP contribution is -2.13. The van der Waals surface area contributed by atoms with Crippen molar-refractivity contribution in [3.63, 3.8) is 0 Å². The molecule has 1 unspecified atom stereocenters. The number of hydrogen-bond acceptors (Lipinski definition) is 3. The number of aliphatic hydroxyl groups is 1. The van der Waals surface area contributed by atoms with Crippen molar-refractivity contribution in [2.75, 3.05) is 11.9 Å². The number of hydrogen-bond donors (Lipinski definition) is 2. The summed E-state index contributed by atoms with van der Waals surface area (Å²) >= 11 is 5.98. The summed E-state index contributed by atoms with van der Waals surface area (Å²) in [6.45, 7) is 0.127. The summed E-state index contributed by atoms with van der Waals surface area (Å²) in [7, 11) is 0. The monoisotopic (exact) mass is 290 g/mol. The zero-order valence-corrected chi connectivity index (χ0v) is 11.2. The third-order valence-electron chi connectivity index (χ3n) is 2.88. The molecule has 0 amide bonds. The van der Waals surface area contributed by atoms with Gasteiger partial charge in [-0.05, 0) is 18.2 Å². The third-order valence-corrected chi connectivity index (χ3v) is 3.22. The summed E-state index contributed by atoms with van der Waals surface area (Å²) in [4.78, 5) is 0. The van der Waals surface area contributed by atoms with Crippen LogP contribution in [0.1, 0.15) is 17.2 Å². The van der Waals surface area contributed by atoms with Gasteiger partial charge in [-0.15, -0.1) is 0 Å². The van der Waals surface area contributed by atoms with E-state index in [0.29, 0.717) is 16.3 Å². The Kier molecular flexibility index (Phi) is 4.57. The molecule has 2 rings (SSSR count). The number of rotatable bonds is 4. The van der Waals surface area contributed by atoms with Crippen LogP contribution in [0.3, 0.4) is 0 Å². The fourth-order valence-electron chi connectivity index (χ4n) is 1.85. The van der Waals surface area contributed by atoms with Crippen LogP contribution < -0.4 is 5.32 Å². The minimum atomic E-state index is -0.849. The minimum Gasteiger partial charge on any atom is -0.387 e. The standard InChI is InChI=1S/C15H12ClFN2O/c16-12-5-2-1-4-10(12)15(20)9-19-14-7-3-6-13(17)11(14)8-18/h1-7,15,19-20H,9H2. The van der Waals surface area contributed by atoms with E-state index >= 15 is 0 Å². The van der Waals surface area contributed by atoms with Crippen molar-refractivity contribution < 1.29 is 9.50 Å². The molecule has 3 nitrogen and oxygen atoms in total. The molecule has 0 aliphatic heterocycles. The van der Waals surface area contributed by atoms with E-state index in [4.69, 9.17) is 16.9 Å². The van der Waals surface area contributed by atoms with Crippen molar-refractivity contribution in [3.05, 3.63) is 64.4 Å². The van der Waals surface area contributed by atoms with E-state index < -0.39 is 11.9 Å². The lowest BCUT2D eigenvalue weighted by molar-refractivity contribution is 0.191. The summed E-state index contributed by atoms with van der Waals surface area (Å²) in [6, 6.07) is 13.0. The molecule has 102 valence electrons. The van der Waals surface area contributed by atoms with Crippen LogP contribution in [-0.4, -0.2) is 11.7 Å². The van der Waals surface area contributed by atoms with Crippen molar-refractivity contribution >= 4 is 17.3 Å². The summed E-state index contributed by atoms with van der Waals surface area (Å²) < 4.78 is 13.4. The number of nitriles is 1. The molecule has 0 heterocycles. The van der Waals surface area contributed by atoms with Crippen LogP contribution in [0.15, 0.2) is 42.5 Å². The molecular weight excluding hydrogens is 279 g/mol. The first-order valence-corrected chi connectivity index (χ1v) is 6.36. The first-order chi connectivity index (χ1) is 9.63. The average Bonchev–Trinajstić information content (AvgIpc) is 2.45. The second-order valence-corrected chi connectivity index (χ2v) is 4.60. The van der Waals surface area contributed by atoms with Gasteiger partial charge in [0.05, 0.1) is 11.8 Å². The molecule has 0 aliphatic rings. The lowest BCUT2D eigenvalue weighted by Gasteiger charge is -2.15. The summed E-state index contributed by atoms with van der Waals surface area (Å²) in [6.07, 6.45) is -0.849. The van der Waals surface area contributed by atoms with Crippen LogP contribution >= 0.6 is 11.6 Å². The molecule has 0 saturated carbocycles. The molecule has 2 N–H and O–H groups in total. The number of nitrogens with one attached hydrogen (secondary N) is 1. The van der Waals surface area contributed by atoms with Gasteiger partial charge in [0, 0.05) is 17.1 Å². The maximum Gasteiger partial charge on any atom is 0.143 e. The zero-order chi connectivity index (χ0) is 14.5. The van der Waals surface area contributed by atoms with E-state index in [-0.39, 0.29) is 12.1 Å². The fourth-order valence-corrected chi connectivity index (χ4v) is 2.11. The second-order valence-electron chi connectivity index (χ2n) is 4.19. The van der Waals surface area contributed by atoms with E-state index in [9.17, 15) is 9.50 Å². The summed E-state index contributed by atoms with van der Waals surface area (Å²) in [5, 5.41) is 22.3. The Morgan fingerprint density at radius 1 is 1.25 bits per heavy atom. The Labute approximate surface area is 121 Å². The van der Waals surface area contributed by atoms with Crippen molar-refractivity contribution in [1.82, 2.24) is 0 Å². The Hall–Kier alpha value is -2.09. The van der Waals surface area contributed by atoms with Crippen LogP contribution in [-0.2, 0) is 0 Å². The van der Waals surface area contributed by atoms with Crippen molar-refractivity contribution in [1.29, 1.82) is 5.26 Å². The van der Waals surface area contributed by atoms with Gasteiger partial charge in [0.1, 0.15) is 17.4 Å². The molecule has 0 radical (unpaired) electrons. The topological polar surface area (TPSA) is 56.0 Å². The van der Waals surface area contributed by atoms with Gasteiger partial charge in [-0.1, -0.05) is 35.9 Å². The van der Waals surface area contributed by atoms with E-state index in [1.165, 1.54) is 12.1 Å². The highest BCUT2D eigenvalue weighted by molar-refractivity contribution is 6.31. The number of anilines is 1. The highest BCUT2D eigenvalue weighted by Crippen LogP contribution is 2.24. The Morgan fingerprint density at radius 3 is 2.70 bits per heavy atom. The highest BCUT2D eigenvalue weighted by atomic mass is 35.5. The molecule has 0 aromatic heterocycles. The first kappa shape index (κ1) is 14.3. The molecular formula is C15H12ClFN2O. The van der Waals surface area contributed by atoms with Gasteiger partial charge >= 0.3 is 0 Å². The number of aliphatic hydroxyl groups excluding tert-OH is 1. The number of nitrogens with zero attached hydrogens (tertiary/aromatic N) is 1. The van der Waals surface area contributed by atoms with E-state index in [1.807, 2.05) is 0 Å². The van der Waals surface area contributed by atoms with Gasteiger partial charge in [0.15, 0.2) is 0 Å². The van der Waals surface area contributed by atoms with Crippen LogP contribution in [0.5, 0.6) is 0 Å². The molecule has 20 heavy (non-hydrogen) atoms. The van der Waals surface area contributed by atoms with E-state index in [2.05, 4.69) is 5.32 Å². The predicted molar refractivity (Wildman–Crippen MR) is 76.0 cm³/mol. The van der Waals surface area contributed by atoms with Crippen molar-refractivity contribution in [2.24, 2.45) is 0 Å². The Bertz CT molecular complexity index is 655. The summed E-state index contributed by atoms with van der Waals surface area (Å²) in [5.41, 5.74) is 0.856. The Balaban J connectivity index is 2.12. The Morgan fingerprint density at radius 2 is 2.00 bits per heavy atom. The normalized spacial score (nSPS) is 11.7. The molecule has 2 aromatic rings.